The van der Waals surface area contributed by atoms with E-state index in [-0.39, 0.29) is 6.04 Å². The van der Waals surface area contributed by atoms with Crippen molar-refractivity contribution in [1.82, 2.24) is 10.3 Å². The summed E-state index contributed by atoms with van der Waals surface area (Å²) in [6, 6.07) is 18.6. The van der Waals surface area contributed by atoms with Gasteiger partial charge in [-0.15, -0.1) is 0 Å². The van der Waals surface area contributed by atoms with E-state index in [2.05, 4.69) is 41.5 Å². The number of nitrogens with one attached hydrogen (secondary N) is 1. The van der Waals surface area contributed by atoms with Crippen LogP contribution in [0.25, 0.3) is 11.1 Å². The molecule has 3 nitrogen and oxygen atoms in total. The second kappa shape index (κ2) is 8.15. The second-order valence-electron chi connectivity index (χ2n) is 5.92. The Morgan fingerprint density at radius 2 is 1.68 bits per heavy atom. The van der Waals surface area contributed by atoms with E-state index in [1.54, 1.807) is 7.11 Å². The molecule has 0 saturated heterocycles. The maximum atomic E-state index is 6.02. The van der Waals surface area contributed by atoms with E-state index >= 15 is 0 Å². The van der Waals surface area contributed by atoms with Gasteiger partial charge < -0.3 is 10.1 Å². The normalized spacial score (nSPS) is 12.0. The van der Waals surface area contributed by atoms with E-state index in [1.807, 2.05) is 42.7 Å². The molecule has 4 heteroatoms. The lowest BCUT2D eigenvalue weighted by molar-refractivity contribution is 0.406. The summed E-state index contributed by atoms with van der Waals surface area (Å²) in [6.07, 6.45) is 3.62. The fourth-order valence-corrected chi connectivity index (χ4v) is 2.92. The largest absolute Gasteiger partial charge is 0.496 e. The maximum absolute atomic E-state index is 6.02. The minimum Gasteiger partial charge on any atom is -0.496 e. The zero-order valence-electron chi connectivity index (χ0n) is 14.4. The molecule has 3 aromatic rings. The van der Waals surface area contributed by atoms with Crippen molar-refractivity contribution in [1.29, 1.82) is 0 Å². The highest BCUT2D eigenvalue weighted by molar-refractivity contribution is 6.30. The molecule has 128 valence electrons. The Morgan fingerprint density at radius 3 is 2.36 bits per heavy atom. The Labute approximate surface area is 153 Å². The molecule has 2 aromatic carbocycles. The summed E-state index contributed by atoms with van der Waals surface area (Å²) in [5.41, 5.74) is 4.70. The van der Waals surface area contributed by atoms with Gasteiger partial charge in [0, 0.05) is 35.6 Å². The van der Waals surface area contributed by atoms with E-state index in [1.165, 1.54) is 16.7 Å². The van der Waals surface area contributed by atoms with Gasteiger partial charge in [0.1, 0.15) is 5.75 Å². The number of aromatic nitrogens is 1. The molecule has 0 saturated carbocycles. The second-order valence-corrected chi connectivity index (χ2v) is 6.35. The summed E-state index contributed by atoms with van der Waals surface area (Å²) >= 11 is 6.02. The number of ether oxygens (including phenoxy) is 1. The first-order chi connectivity index (χ1) is 12.2. The van der Waals surface area contributed by atoms with Crippen LogP contribution in [0.1, 0.15) is 24.1 Å². The molecule has 0 aliphatic rings. The summed E-state index contributed by atoms with van der Waals surface area (Å²) < 4.78 is 5.40. The minimum atomic E-state index is 0.229. The smallest absolute Gasteiger partial charge is 0.124 e. The number of rotatable bonds is 6. The van der Waals surface area contributed by atoms with Crippen molar-refractivity contribution >= 4 is 11.6 Å². The summed E-state index contributed by atoms with van der Waals surface area (Å²) in [4.78, 5) is 4.06. The summed E-state index contributed by atoms with van der Waals surface area (Å²) in [5.74, 6) is 0.806. The molecular formula is C21H21ClN2O. The molecule has 0 spiro atoms. The van der Waals surface area contributed by atoms with Gasteiger partial charge in [0.25, 0.3) is 0 Å². The number of benzene rings is 2. The lowest BCUT2D eigenvalue weighted by Crippen LogP contribution is -2.18. The van der Waals surface area contributed by atoms with Crippen LogP contribution in [-0.2, 0) is 6.54 Å². The van der Waals surface area contributed by atoms with Crippen molar-refractivity contribution in [2.75, 3.05) is 7.11 Å². The lowest BCUT2D eigenvalue weighted by atomic mass is 10.0. The van der Waals surface area contributed by atoms with E-state index in [9.17, 15) is 0 Å². The van der Waals surface area contributed by atoms with E-state index in [0.717, 1.165) is 11.3 Å². The van der Waals surface area contributed by atoms with E-state index in [0.29, 0.717) is 11.6 Å². The molecule has 25 heavy (non-hydrogen) atoms. The third kappa shape index (κ3) is 4.38. The molecule has 1 aromatic heterocycles. The standard InChI is InChI=1S/C21H21ClN2O/c1-15(24-14-19-7-8-20(22)13-21(19)25-2)16-3-5-17(6-4-16)18-9-11-23-12-10-18/h3-13,15,24H,14H2,1-2H3. The molecule has 1 unspecified atom stereocenters. The number of nitrogens with zero attached hydrogens (tertiary/aromatic N) is 1. The Hall–Kier alpha value is -2.36. The summed E-state index contributed by atoms with van der Waals surface area (Å²) in [5, 5.41) is 4.22. The van der Waals surface area contributed by atoms with Gasteiger partial charge in [-0.2, -0.15) is 0 Å². The molecule has 3 rings (SSSR count). The fourth-order valence-electron chi connectivity index (χ4n) is 2.75. The molecule has 1 heterocycles. The number of methoxy groups -OCH3 is 1. The molecule has 0 fully saturated rings. The number of halogens is 1. The number of hydrogen-bond acceptors (Lipinski definition) is 3. The fraction of sp³-hybridized carbons (Fsp3) is 0.190. The molecule has 1 N–H and O–H groups in total. The van der Waals surface area contributed by atoms with Gasteiger partial charge in [-0.25, -0.2) is 0 Å². The van der Waals surface area contributed by atoms with Gasteiger partial charge in [0.05, 0.1) is 7.11 Å². The van der Waals surface area contributed by atoms with Crippen LogP contribution in [0.3, 0.4) is 0 Å². The molecule has 1 atom stereocenters. The third-order valence-electron chi connectivity index (χ3n) is 4.27. The van der Waals surface area contributed by atoms with E-state index < -0.39 is 0 Å². The number of hydrogen-bond donors (Lipinski definition) is 1. The zero-order chi connectivity index (χ0) is 17.6. The van der Waals surface area contributed by atoms with Gasteiger partial charge in [0.15, 0.2) is 0 Å². The van der Waals surface area contributed by atoms with Gasteiger partial charge >= 0.3 is 0 Å². The van der Waals surface area contributed by atoms with Crippen molar-refractivity contribution in [3.63, 3.8) is 0 Å². The maximum Gasteiger partial charge on any atom is 0.124 e. The quantitative estimate of drug-likeness (QED) is 0.657. The van der Waals surface area contributed by atoms with Gasteiger partial charge in [0.2, 0.25) is 0 Å². The molecule has 0 aliphatic heterocycles. The van der Waals surface area contributed by atoms with Crippen LogP contribution < -0.4 is 10.1 Å². The zero-order valence-corrected chi connectivity index (χ0v) is 15.1. The van der Waals surface area contributed by atoms with Crippen LogP contribution in [0.4, 0.5) is 0 Å². The average Bonchev–Trinajstić information content (AvgIpc) is 2.67. The van der Waals surface area contributed by atoms with Gasteiger partial charge in [-0.05, 0) is 47.9 Å². The van der Waals surface area contributed by atoms with Gasteiger partial charge in [-0.3, -0.25) is 4.98 Å². The first-order valence-electron chi connectivity index (χ1n) is 8.23. The van der Waals surface area contributed by atoms with Crippen molar-refractivity contribution in [2.24, 2.45) is 0 Å². The average molecular weight is 353 g/mol. The first kappa shape index (κ1) is 17.5. The SMILES string of the molecule is COc1cc(Cl)ccc1CNC(C)c1ccc(-c2ccncc2)cc1. The van der Waals surface area contributed by atoms with Crippen molar-refractivity contribution in [2.45, 2.75) is 19.5 Å². The third-order valence-corrected chi connectivity index (χ3v) is 4.51. The molecule has 0 bridgehead atoms. The van der Waals surface area contributed by atoms with Crippen LogP contribution in [-0.4, -0.2) is 12.1 Å². The van der Waals surface area contributed by atoms with Crippen LogP contribution in [0.15, 0.2) is 67.0 Å². The van der Waals surface area contributed by atoms with Crippen LogP contribution >= 0.6 is 11.6 Å². The predicted octanol–water partition coefficient (Wildman–Crippen LogP) is 5.26. The Morgan fingerprint density at radius 1 is 1.00 bits per heavy atom. The monoisotopic (exact) mass is 352 g/mol. The summed E-state index contributed by atoms with van der Waals surface area (Å²) in [6.45, 7) is 2.87. The predicted molar refractivity (Wildman–Crippen MR) is 103 cm³/mol. The Balaban J connectivity index is 1.66. The number of pyridine rings is 1. The Bertz CT molecular complexity index is 819. The molecular weight excluding hydrogens is 332 g/mol. The topological polar surface area (TPSA) is 34.1 Å². The summed E-state index contributed by atoms with van der Waals surface area (Å²) in [7, 11) is 1.66. The highest BCUT2D eigenvalue weighted by Crippen LogP contribution is 2.25. The first-order valence-corrected chi connectivity index (χ1v) is 8.61. The minimum absolute atomic E-state index is 0.229. The van der Waals surface area contributed by atoms with Crippen molar-refractivity contribution in [3.8, 4) is 16.9 Å². The van der Waals surface area contributed by atoms with Crippen LogP contribution in [0.2, 0.25) is 5.02 Å². The van der Waals surface area contributed by atoms with Crippen LogP contribution in [0.5, 0.6) is 5.75 Å². The van der Waals surface area contributed by atoms with Crippen LogP contribution in [0, 0.1) is 0 Å². The molecule has 0 amide bonds. The molecule has 0 radical (unpaired) electrons. The Kier molecular flexibility index (Phi) is 5.69. The van der Waals surface area contributed by atoms with Gasteiger partial charge in [-0.1, -0.05) is 41.9 Å². The van der Waals surface area contributed by atoms with Crippen molar-refractivity contribution in [3.05, 3.63) is 83.1 Å². The lowest BCUT2D eigenvalue weighted by Gasteiger charge is -2.16. The molecule has 0 aliphatic carbocycles. The van der Waals surface area contributed by atoms with E-state index in [4.69, 9.17) is 16.3 Å². The highest BCUT2D eigenvalue weighted by atomic mass is 35.5. The highest BCUT2D eigenvalue weighted by Gasteiger charge is 2.08. The van der Waals surface area contributed by atoms with Crippen molar-refractivity contribution < 1.29 is 4.74 Å².